The van der Waals surface area contributed by atoms with E-state index in [-0.39, 0.29) is 23.6 Å². The number of ether oxygens (including phenoxy) is 1. The van der Waals surface area contributed by atoms with E-state index in [0.717, 1.165) is 0 Å². The van der Waals surface area contributed by atoms with Gasteiger partial charge in [-0.05, 0) is 30.3 Å². The molecule has 0 saturated heterocycles. The number of rotatable bonds is 8. The van der Waals surface area contributed by atoms with Gasteiger partial charge < -0.3 is 21.1 Å². The largest absolute Gasteiger partial charge is 0.495 e. The van der Waals surface area contributed by atoms with Crippen molar-refractivity contribution in [1.82, 2.24) is 15.0 Å². The molecule has 0 spiro atoms. The second kappa shape index (κ2) is 9.69. The molecule has 29 heavy (non-hydrogen) atoms. The summed E-state index contributed by atoms with van der Waals surface area (Å²) >= 11 is 1.30. The standard InChI is InChI=1S/C19H19FN6O2S/c1-28-15-8-3-2-7-14(15)23-19-25-16(24-18(21)26-19)10-29-11-17(27)22-13-6-4-5-12(20)9-13/h2-9H,10-11H2,1H3,(H,22,27)(H3,21,23,24,25,26). The van der Waals surface area contributed by atoms with Crippen LogP contribution in [0.5, 0.6) is 5.75 Å². The fourth-order valence-electron chi connectivity index (χ4n) is 2.43. The summed E-state index contributed by atoms with van der Waals surface area (Å²) in [4.78, 5) is 24.5. The lowest BCUT2D eigenvalue weighted by molar-refractivity contribution is -0.113. The minimum absolute atomic E-state index is 0.0669. The molecule has 1 amide bonds. The number of nitrogens with one attached hydrogen (secondary N) is 2. The number of carbonyl (C=O) groups excluding carboxylic acids is 1. The highest BCUT2D eigenvalue weighted by Crippen LogP contribution is 2.25. The van der Waals surface area contributed by atoms with Crippen molar-refractivity contribution in [2.75, 3.05) is 29.2 Å². The van der Waals surface area contributed by atoms with E-state index in [0.29, 0.717) is 28.7 Å². The number of halogens is 1. The van der Waals surface area contributed by atoms with Crippen molar-refractivity contribution in [2.24, 2.45) is 0 Å². The fourth-order valence-corrected chi connectivity index (χ4v) is 3.10. The summed E-state index contributed by atoms with van der Waals surface area (Å²) in [5.41, 5.74) is 6.87. The Hall–Kier alpha value is -3.40. The molecular weight excluding hydrogens is 395 g/mol. The van der Waals surface area contributed by atoms with Crippen LogP contribution in [-0.4, -0.2) is 33.7 Å². The number of amides is 1. The van der Waals surface area contributed by atoms with Crippen LogP contribution in [0.15, 0.2) is 48.5 Å². The molecule has 0 saturated carbocycles. The molecule has 1 heterocycles. The summed E-state index contributed by atoms with van der Waals surface area (Å²) in [5, 5.41) is 5.68. The van der Waals surface area contributed by atoms with Gasteiger partial charge in [-0.1, -0.05) is 18.2 Å². The van der Waals surface area contributed by atoms with Gasteiger partial charge in [-0.25, -0.2) is 4.39 Å². The molecule has 8 nitrogen and oxygen atoms in total. The Bertz CT molecular complexity index is 1000. The number of para-hydroxylation sites is 2. The van der Waals surface area contributed by atoms with E-state index in [9.17, 15) is 9.18 Å². The van der Waals surface area contributed by atoms with Gasteiger partial charge in [-0.3, -0.25) is 4.79 Å². The lowest BCUT2D eigenvalue weighted by atomic mass is 10.3. The number of methoxy groups -OCH3 is 1. The number of carbonyl (C=O) groups is 1. The first-order valence-electron chi connectivity index (χ1n) is 8.57. The molecule has 0 fully saturated rings. The number of thioether (sulfide) groups is 1. The van der Waals surface area contributed by atoms with Crippen molar-refractivity contribution in [3.63, 3.8) is 0 Å². The van der Waals surface area contributed by atoms with Gasteiger partial charge in [0, 0.05) is 5.69 Å². The molecule has 0 bridgehead atoms. The summed E-state index contributed by atoms with van der Waals surface area (Å²) in [6.45, 7) is 0. The minimum atomic E-state index is -0.411. The van der Waals surface area contributed by atoms with Crippen LogP contribution in [-0.2, 0) is 10.5 Å². The van der Waals surface area contributed by atoms with Gasteiger partial charge in [0.1, 0.15) is 17.4 Å². The van der Waals surface area contributed by atoms with Gasteiger partial charge in [-0.15, -0.1) is 11.8 Å². The third kappa shape index (κ3) is 6.04. The Morgan fingerprint density at radius 1 is 1.17 bits per heavy atom. The zero-order chi connectivity index (χ0) is 20.6. The topological polar surface area (TPSA) is 115 Å². The number of hydrogen-bond donors (Lipinski definition) is 3. The normalized spacial score (nSPS) is 10.4. The van der Waals surface area contributed by atoms with Gasteiger partial charge in [0.2, 0.25) is 17.8 Å². The smallest absolute Gasteiger partial charge is 0.234 e. The molecule has 10 heteroatoms. The van der Waals surface area contributed by atoms with Crippen molar-refractivity contribution in [1.29, 1.82) is 0 Å². The first-order valence-corrected chi connectivity index (χ1v) is 9.72. The van der Waals surface area contributed by atoms with Crippen LogP contribution in [0, 0.1) is 5.82 Å². The SMILES string of the molecule is COc1ccccc1Nc1nc(N)nc(CSCC(=O)Nc2cccc(F)c2)n1. The van der Waals surface area contributed by atoms with E-state index >= 15 is 0 Å². The van der Waals surface area contributed by atoms with Crippen molar-refractivity contribution in [3.8, 4) is 5.75 Å². The highest BCUT2D eigenvalue weighted by molar-refractivity contribution is 7.99. The minimum Gasteiger partial charge on any atom is -0.495 e. The molecule has 0 radical (unpaired) electrons. The number of nitrogens with two attached hydrogens (primary N) is 1. The Morgan fingerprint density at radius 2 is 2.00 bits per heavy atom. The first-order chi connectivity index (χ1) is 14.0. The van der Waals surface area contributed by atoms with Crippen LogP contribution in [0.4, 0.5) is 27.7 Å². The molecule has 0 aliphatic rings. The second-order valence-corrected chi connectivity index (χ2v) is 6.80. The number of nitrogens with zero attached hydrogens (tertiary/aromatic N) is 3. The predicted octanol–water partition coefficient (Wildman–Crippen LogP) is 3.22. The van der Waals surface area contributed by atoms with Gasteiger partial charge in [0.25, 0.3) is 0 Å². The summed E-state index contributed by atoms with van der Waals surface area (Å²) in [7, 11) is 1.57. The van der Waals surface area contributed by atoms with Gasteiger partial charge in [0.15, 0.2) is 0 Å². The molecule has 3 rings (SSSR count). The highest BCUT2D eigenvalue weighted by Gasteiger charge is 2.09. The Morgan fingerprint density at radius 3 is 2.79 bits per heavy atom. The van der Waals surface area contributed by atoms with E-state index in [2.05, 4.69) is 25.6 Å². The maximum Gasteiger partial charge on any atom is 0.234 e. The molecular formula is C19H19FN6O2S. The fraction of sp³-hybridized carbons (Fsp3) is 0.158. The Labute approximate surface area is 171 Å². The molecule has 4 N–H and O–H groups in total. The van der Waals surface area contributed by atoms with E-state index < -0.39 is 5.82 Å². The van der Waals surface area contributed by atoms with Crippen LogP contribution in [0.2, 0.25) is 0 Å². The lowest BCUT2D eigenvalue weighted by Gasteiger charge is -2.10. The Kier molecular flexibility index (Phi) is 6.80. The van der Waals surface area contributed by atoms with E-state index in [1.165, 1.54) is 30.0 Å². The average molecular weight is 414 g/mol. The number of benzene rings is 2. The first kappa shape index (κ1) is 20.3. The van der Waals surface area contributed by atoms with E-state index in [1.807, 2.05) is 18.2 Å². The third-order valence-electron chi connectivity index (χ3n) is 3.63. The molecule has 150 valence electrons. The van der Waals surface area contributed by atoms with Gasteiger partial charge in [-0.2, -0.15) is 15.0 Å². The van der Waals surface area contributed by atoms with Crippen LogP contribution < -0.4 is 21.1 Å². The van der Waals surface area contributed by atoms with Crippen LogP contribution in [0.25, 0.3) is 0 Å². The van der Waals surface area contributed by atoms with Crippen molar-refractivity contribution >= 4 is 40.9 Å². The summed E-state index contributed by atoms with van der Waals surface area (Å²) in [5.74, 6) is 1.25. The summed E-state index contributed by atoms with van der Waals surface area (Å²) in [6.07, 6.45) is 0. The third-order valence-corrected chi connectivity index (χ3v) is 4.55. The lowest BCUT2D eigenvalue weighted by Crippen LogP contribution is -2.14. The predicted molar refractivity (Wildman–Crippen MR) is 112 cm³/mol. The molecule has 1 aromatic heterocycles. The monoisotopic (exact) mass is 414 g/mol. The summed E-state index contributed by atoms with van der Waals surface area (Å²) < 4.78 is 18.5. The van der Waals surface area contributed by atoms with Crippen molar-refractivity contribution < 1.29 is 13.9 Å². The van der Waals surface area contributed by atoms with Gasteiger partial charge in [0.05, 0.1) is 24.3 Å². The van der Waals surface area contributed by atoms with Crippen LogP contribution in [0.1, 0.15) is 5.82 Å². The maximum absolute atomic E-state index is 13.2. The zero-order valence-electron chi connectivity index (χ0n) is 15.6. The molecule has 0 atom stereocenters. The second-order valence-electron chi connectivity index (χ2n) is 5.81. The summed E-state index contributed by atoms with van der Waals surface area (Å²) in [6, 6.07) is 13.0. The number of aromatic nitrogens is 3. The molecule has 0 aliphatic carbocycles. The van der Waals surface area contributed by atoms with Crippen LogP contribution in [0.3, 0.4) is 0 Å². The van der Waals surface area contributed by atoms with Crippen molar-refractivity contribution in [2.45, 2.75) is 5.75 Å². The van der Waals surface area contributed by atoms with E-state index in [1.54, 1.807) is 19.2 Å². The van der Waals surface area contributed by atoms with Crippen LogP contribution >= 0.6 is 11.8 Å². The molecule has 3 aromatic rings. The number of anilines is 4. The van der Waals surface area contributed by atoms with Gasteiger partial charge >= 0.3 is 0 Å². The average Bonchev–Trinajstić information content (AvgIpc) is 2.68. The molecule has 2 aromatic carbocycles. The zero-order valence-corrected chi connectivity index (χ0v) is 16.4. The molecule has 0 aliphatic heterocycles. The quantitative estimate of drug-likeness (QED) is 0.515. The Balaban J connectivity index is 1.58. The maximum atomic E-state index is 13.2. The number of nitrogen functional groups attached to an aromatic ring is 1. The van der Waals surface area contributed by atoms with E-state index in [4.69, 9.17) is 10.5 Å². The highest BCUT2D eigenvalue weighted by atomic mass is 32.2. The van der Waals surface area contributed by atoms with Crippen molar-refractivity contribution in [3.05, 3.63) is 60.2 Å². The molecule has 0 unspecified atom stereocenters. The number of hydrogen-bond acceptors (Lipinski definition) is 8.